The average Bonchev–Trinajstić information content (AvgIpc) is 3.23. The smallest absolute Gasteiger partial charge is 0.437 e. The summed E-state index contributed by atoms with van der Waals surface area (Å²) in [5, 5.41) is 8.04. The van der Waals surface area contributed by atoms with Crippen LogP contribution in [-0.4, -0.2) is 41.6 Å². The summed E-state index contributed by atoms with van der Waals surface area (Å²) in [6, 6.07) is 0. The van der Waals surface area contributed by atoms with E-state index in [2.05, 4.69) is 10.3 Å². The predicted octanol–water partition coefficient (Wildman–Crippen LogP) is 0.192. The number of carbonyl (C=O) groups excluding carboxylic acids is 1. The van der Waals surface area contributed by atoms with Crippen LogP contribution < -0.4 is 11.4 Å². The Labute approximate surface area is 147 Å². The average molecular weight is 362 g/mol. The van der Waals surface area contributed by atoms with Gasteiger partial charge in [-0.15, -0.1) is 4.68 Å². The van der Waals surface area contributed by atoms with E-state index in [9.17, 15) is 14.4 Å². The van der Waals surface area contributed by atoms with Crippen molar-refractivity contribution in [1.29, 1.82) is 0 Å². The van der Waals surface area contributed by atoms with Crippen LogP contribution in [0.2, 0.25) is 0 Å². The number of hydrogen-bond donors (Lipinski definition) is 0. The third kappa shape index (κ3) is 2.76. The molecule has 0 aliphatic rings. The minimum absolute atomic E-state index is 0.0833. The Bertz CT molecular complexity index is 1060. The summed E-state index contributed by atoms with van der Waals surface area (Å²) in [6.07, 6.45) is 1.99. The molecule has 0 amide bonds. The number of ether oxygens (including phenoxy) is 1. The number of aryl methyl sites for hydroxylation is 2. The molecule has 0 radical (unpaired) electrons. The van der Waals surface area contributed by atoms with Gasteiger partial charge in [0.15, 0.2) is 0 Å². The van der Waals surface area contributed by atoms with Crippen molar-refractivity contribution < 1.29 is 14.1 Å². The van der Waals surface area contributed by atoms with Crippen molar-refractivity contribution in [3.8, 4) is 5.69 Å². The van der Waals surface area contributed by atoms with Gasteiger partial charge in [0, 0.05) is 18.8 Å². The highest BCUT2D eigenvalue weighted by molar-refractivity contribution is 5.69. The van der Waals surface area contributed by atoms with Gasteiger partial charge in [0.25, 0.3) is 0 Å². The maximum Gasteiger partial charge on any atom is 0.437 e. The first-order chi connectivity index (χ1) is 12.3. The first-order valence-electron chi connectivity index (χ1n) is 7.87. The molecule has 3 aromatic heterocycles. The lowest BCUT2D eigenvalue weighted by Gasteiger charge is -2.02. The Balaban J connectivity index is 2.00. The number of carbonyl (C=O) groups is 1. The van der Waals surface area contributed by atoms with Gasteiger partial charge in [-0.2, -0.15) is 5.10 Å². The molecule has 0 aromatic carbocycles. The van der Waals surface area contributed by atoms with E-state index in [4.69, 9.17) is 9.26 Å². The molecule has 0 spiro atoms. The molecule has 3 aromatic rings. The molecule has 0 aliphatic carbocycles. The highest BCUT2D eigenvalue weighted by Gasteiger charge is 2.21. The molecular weight excluding hydrogens is 344 g/mol. The van der Waals surface area contributed by atoms with Crippen molar-refractivity contribution >= 4 is 6.09 Å². The second kappa shape index (κ2) is 6.50. The fraction of sp³-hybridized carbons (Fsp3) is 0.400. The van der Waals surface area contributed by atoms with Gasteiger partial charge < -0.3 is 9.26 Å². The molecule has 0 saturated heterocycles. The molecule has 11 nitrogen and oxygen atoms in total. The Morgan fingerprint density at radius 1 is 1.27 bits per heavy atom. The third-order valence-corrected chi connectivity index (χ3v) is 3.96. The predicted molar refractivity (Wildman–Crippen MR) is 88.6 cm³/mol. The van der Waals surface area contributed by atoms with E-state index in [-0.39, 0.29) is 12.3 Å². The molecule has 0 aliphatic heterocycles. The van der Waals surface area contributed by atoms with Crippen molar-refractivity contribution in [3.05, 3.63) is 50.4 Å². The van der Waals surface area contributed by atoms with Crippen LogP contribution in [-0.2, 0) is 18.3 Å². The Kier molecular flexibility index (Phi) is 4.36. The summed E-state index contributed by atoms with van der Waals surface area (Å²) in [5.41, 5.74) is 0.336. The molecule has 0 fully saturated rings. The Hall–Kier alpha value is -3.37. The van der Waals surface area contributed by atoms with Gasteiger partial charge in [0.05, 0.1) is 30.7 Å². The zero-order valence-corrected chi connectivity index (χ0v) is 14.8. The minimum Gasteiger partial charge on any atom is -0.448 e. The fourth-order valence-corrected chi connectivity index (χ4v) is 2.59. The second-order valence-electron chi connectivity index (χ2n) is 5.63. The number of hydrogen-bond acceptors (Lipinski definition) is 7. The largest absolute Gasteiger partial charge is 0.448 e. The van der Waals surface area contributed by atoms with Crippen LogP contribution in [0.25, 0.3) is 5.69 Å². The van der Waals surface area contributed by atoms with E-state index in [1.807, 2.05) is 6.92 Å². The zero-order valence-electron chi connectivity index (χ0n) is 14.8. The first kappa shape index (κ1) is 17.5. The molecule has 0 N–H and O–H groups in total. The second-order valence-corrected chi connectivity index (χ2v) is 5.63. The highest BCUT2D eigenvalue weighted by Crippen LogP contribution is 2.14. The van der Waals surface area contributed by atoms with Crippen molar-refractivity contribution in [2.45, 2.75) is 27.3 Å². The zero-order chi connectivity index (χ0) is 19.0. The van der Waals surface area contributed by atoms with E-state index in [1.165, 1.54) is 19.4 Å². The van der Waals surface area contributed by atoms with E-state index in [0.717, 1.165) is 20.5 Å². The summed E-state index contributed by atoms with van der Waals surface area (Å²) in [5.74, 6) is 0.668. The van der Waals surface area contributed by atoms with Crippen molar-refractivity contribution in [2.24, 2.45) is 7.05 Å². The van der Waals surface area contributed by atoms with Crippen LogP contribution in [0.5, 0.6) is 0 Å². The van der Waals surface area contributed by atoms with Gasteiger partial charge in [0.1, 0.15) is 5.76 Å². The summed E-state index contributed by atoms with van der Waals surface area (Å²) in [7, 11) is 1.31. The van der Waals surface area contributed by atoms with E-state index in [0.29, 0.717) is 17.0 Å². The van der Waals surface area contributed by atoms with Crippen LogP contribution in [0.1, 0.15) is 23.9 Å². The van der Waals surface area contributed by atoms with Gasteiger partial charge in [0.2, 0.25) is 0 Å². The van der Waals surface area contributed by atoms with Crippen LogP contribution in [0, 0.1) is 13.8 Å². The summed E-state index contributed by atoms with van der Waals surface area (Å²) < 4.78 is 13.9. The lowest BCUT2D eigenvalue weighted by molar-refractivity contribution is 0.145. The highest BCUT2D eigenvalue weighted by atomic mass is 16.6. The molecule has 26 heavy (non-hydrogen) atoms. The molecule has 0 bridgehead atoms. The number of rotatable bonds is 4. The molecule has 138 valence electrons. The van der Waals surface area contributed by atoms with Gasteiger partial charge >= 0.3 is 17.5 Å². The lowest BCUT2D eigenvalue weighted by Crippen LogP contribution is -2.32. The molecule has 3 rings (SSSR count). The van der Waals surface area contributed by atoms with Crippen LogP contribution in [0.3, 0.4) is 0 Å². The summed E-state index contributed by atoms with van der Waals surface area (Å²) in [6.45, 7) is 5.67. The number of aromatic nitrogens is 6. The molecule has 0 unspecified atom stereocenters. The van der Waals surface area contributed by atoms with Gasteiger partial charge in [-0.25, -0.2) is 23.6 Å². The third-order valence-electron chi connectivity index (χ3n) is 3.96. The Morgan fingerprint density at radius 2 is 2.00 bits per heavy atom. The van der Waals surface area contributed by atoms with Gasteiger partial charge in [-0.1, -0.05) is 5.16 Å². The quantitative estimate of drug-likeness (QED) is 0.650. The normalized spacial score (nSPS) is 11.1. The van der Waals surface area contributed by atoms with E-state index < -0.39 is 17.5 Å². The molecule has 0 atom stereocenters. The SMILES string of the molecule is CCOC(=O)n1c(=O)n(-c2cnn(Cc3c(C)noc3C)c2)c(=O)n1C. The molecular formula is C15H18N6O5. The minimum atomic E-state index is -0.918. The lowest BCUT2D eigenvalue weighted by atomic mass is 10.2. The number of nitrogens with zero attached hydrogens (tertiary/aromatic N) is 6. The summed E-state index contributed by atoms with van der Waals surface area (Å²) in [4.78, 5) is 36.8. The maximum atomic E-state index is 12.5. The Morgan fingerprint density at radius 3 is 2.62 bits per heavy atom. The van der Waals surface area contributed by atoms with E-state index in [1.54, 1.807) is 18.5 Å². The van der Waals surface area contributed by atoms with Crippen LogP contribution in [0.4, 0.5) is 4.79 Å². The maximum absolute atomic E-state index is 12.5. The first-order valence-corrected chi connectivity index (χ1v) is 7.87. The van der Waals surface area contributed by atoms with Crippen molar-refractivity contribution in [2.75, 3.05) is 6.61 Å². The summed E-state index contributed by atoms with van der Waals surface area (Å²) >= 11 is 0. The fourth-order valence-electron chi connectivity index (χ4n) is 2.59. The van der Waals surface area contributed by atoms with Crippen molar-refractivity contribution in [3.63, 3.8) is 0 Å². The van der Waals surface area contributed by atoms with Crippen molar-refractivity contribution in [1.82, 2.24) is 28.9 Å². The van der Waals surface area contributed by atoms with Crippen LogP contribution in [0.15, 0.2) is 26.5 Å². The van der Waals surface area contributed by atoms with Crippen LogP contribution >= 0.6 is 0 Å². The van der Waals surface area contributed by atoms with Gasteiger partial charge in [-0.05, 0) is 20.8 Å². The standard InChI is InChI=1S/C15H18N6O5/c1-5-25-15(24)21-14(23)20(13(22)18(21)4)11-6-16-19(7-11)8-12-9(2)17-26-10(12)3/h6-7H,5,8H2,1-4H3. The topological polar surface area (TPSA) is 119 Å². The molecule has 3 heterocycles. The van der Waals surface area contributed by atoms with E-state index >= 15 is 0 Å². The monoisotopic (exact) mass is 362 g/mol. The molecule has 0 saturated carbocycles. The molecule has 11 heteroatoms. The van der Waals surface area contributed by atoms with Gasteiger partial charge in [-0.3, -0.25) is 4.68 Å².